The Balaban J connectivity index is 4.02. The number of hydrogen-bond donors (Lipinski definition) is 2. The molecule has 0 saturated heterocycles. The van der Waals surface area contributed by atoms with E-state index in [4.69, 9.17) is 10.5 Å². The number of hydrogen-bond acceptors (Lipinski definition) is 3. The molecule has 0 radical (unpaired) electrons. The molecule has 2 atom stereocenters. The van der Waals surface area contributed by atoms with Crippen molar-refractivity contribution in [3.63, 3.8) is 0 Å². The predicted molar refractivity (Wildman–Crippen MR) is 70.8 cm³/mol. The molecular weight excluding hydrogens is 216 g/mol. The smallest absolute Gasteiger partial charge is 0.237 e. The van der Waals surface area contributed by atoms with Gasteiger partial charge in [-0.05, 0) is 39.2 Å². The van der Waals surface area contributed by atoms with E-state index >= 15 is 0 Å². The van der Waals surface area contributed by atoms with Crippen molar-refractivity contribution in [3.05, 3.63) is 0 Å². The second kappa shape index (κ2) is 7.67. The third kappa shape index (κ3) is 6.64. The molecule has 0 bridgehead atoms. The molecule has 0 aliphatic rings. The monoisotopic (exact) mass is 244 g/mol. The molecule has 4 nitrogen and oxygen atoms in total. The molecule has 2 unspecified atom stereocenters. The Bertz CT molecular complexity index is 231. The molecule has 0 aromatic rings. The standard InChI is InChI=1S/C13H28N2O2/c1-6-15-13(5,12(14)16)7-8-17-11(4)9-10(2)3/h10-11,15H,6-9H2,1-5H3,(H2,14,16). The van der Waals surface area contributed by atoms with Gasteiger partial charge in [-0.2, -0.15) is 0 Å². The zero-order valence-electron chi connectivity index (χ0n) is 11.9. The largest absolute Gasteiger partial charge is 0.378 e. The fourth-order valence-corrected chi connectivity index (χ4v) is 1.88. The zero-order chi connectivity index (χ0) is 13.5. The van der Waals surface area contributed by atoms with E-state index in [0.29, 0.717) is 18.9 Å². The summed E-state index contributed by atoms with van der Waals surface area (Å²) in [6, 6.07) is 0. The maximum absolute atomic E-state index is 11.4. The molecule has 0 aromatic carbocycles. The summed E-state index contributed by atoms with van der Waals surface area (Å²) in [5.74, 6) is 0.306. The first-order valence-electron chi connectivity index (χ1n) is 6.48. The van der Waals surface area contributed by atoms with E-state index in [-0.39, 0.29) is 12.0 Å². The predicted octanol–water partition coefficient (Wildman–Crippen LogP) is 1.68. The SMILES string of the molecule is CCNC(C)(CCOC(C)CC(C)C)C(N)=O. The number of primary amides is 1. The van der Waals surface area contributed by atoms with Gasteiger partial charge in [0.2, 0.25) is 5.91 Å². The summed E-state index contributed by atoms with van der Waals surface area (Å²) < 4.78 is 5.70. The Morgan fingerprint density at radius 3 is 2.41 bits per heavy atom. The van der Waals surface area contributed by atoms with Crippen LogP contribution in [0.5, 0.6) is 0 Å². The van der Waals surface area contributed by atoms with E-state index in [1.54, 1.807) is 0 Å². The molecule has 0 fully saturated rings. The van der Waals surface area contributed by atoms with Gasteiger partial charge in [-0.3, -0.25) is 4.79 Å². The van der Waals surface area contributed by atoms with Crippen molar-refractivity contribution in [1.29, 1.82) is 0 Å². The minimum absolute atomic E-state index is 0.230. The molecule has 0 rings (SSSR count). The lowest BCUT2D eigenvalue weighted by molar-refractivity contribution is -0.124. The summed E-state index contributed by atoms with van der Waals surface area (Å²) in [4.78, 5) is 11.4. The van der Waals surface area contributed by atoms with Crippen LogP contribution in [0.2, 0.25) is 0 Å². The van der Waals surface area contributed by atoms with Crippen LogP contribution in [0.4, 0.5) is 0 Å². The van der Waals surface area contributed by atoms with Crippen molar-refractivity contribution < 1.29 is 9.53 Å². The quantitative estimate of drug-likeness (QED) is 0.648. The van der Waals surface area contributed by atoms with Crippen LogP contribution < -0.4 is 11.1 Å². The molecular formula is C13H28N2O2. The summed E-state index contributed by atoms with van der Waals surface area (Å²) in [7, 11) is 0. The average Bonchev–Trinajstić information content (AvgIpc) is 2.16. The molecule has 0 aliphatic carbocycles. The maximum Gasteiger partial charge on any atom is 0.237 e. The lowest BCUT2D eigenvalue weighted by atomic mass is 9.97. The van der Waals surface area contributed by atoms with Crippen molar-refractivity contribution in [3.8, 4) is 0 Å². The van der Waals surface area contributed by atoms with E-state index in [9.17, 15) is 4.79 Å². The Kier molecular flexibility index (Phi) is 7.39. The summed E-state index contributed by atoms with van der Waals surface area (Å²) in [5, 5.41) is 3.12. The number of carbonyl (C=O) groups is 1. The molecule has 0 aromatic heterocycles. The van der Waals surface area contributed by atoms with Crippen LogP contribution in [0.1, 0.15) is 47.5 Å². The Morgan fingerprint density at radius 2 is 2.00 bits per heavy atom. The van der Waals surface area contributed by atoms with E-state index in [2.05, 4.69) is 26.1 Å². The van der Waals surface area contributed by atoms with Gasteiger partial charge < -0.3 is 15.8 Å². The second-order valence-electron chi connectivity index (χ2n) is 5.29. The van der Waals surface area contributed by atoms with Crippen LogP contribution in [-0.2, 0) is 9.53 Å². The Morgan fingerprint density at radius 1 is 1.41 bits per heavy atom. The van der Waals surface area contributed by atoms with Crippen LogP contribution in [0.15, 0.2) is 0 Å². The lowest BCUT2D eigenvalue weighted by Gasteiger charge is -2.27. The van der Waals surface area contributed by atoms with E-state index in [1.165, 1.54) is 0 Å². The third-order valence-electron chi connectivity index (χ3n) is 2.92. The molecule has 17 heavy (non-hydrogen) atoms. The highest BCUT2D eigenvalue weighted by molar-refractivity contribution is 5.84. The maximum atomic E-state index is 11.4. The van der Waals surface area contributed by atoms with Crippen molar-refractivity contribution in [1.82, 2.24) is 5.32 Å². The highest BCUT2D eigenvalue weighted by Crippen LogP contribution is 2.12. The normalized spacial score (nSPS) is 16.8. The van der Waals surface area contributed by atoms with Crippen LogP contribution in [-0.4, -0.2) is 30.7 Å². The second-order valence-corrected chi connectivity index (χ2v) is 5.29. The number of carbonyl (C=O) groups excluding carboxylic acids is 1. The van der Waals surface area contributed by atoms with Gasteiger partial charge in [-0.25, -0.2) is 0 Å². The topological polar surface area (TPSA) is 64.3 Å². The van der Waals surface area contributed by atoms with Crippen molar-refractivity contribution in [2.45, 2.75) is 59.1 Å². The van der Waals surface area contributed by atoms with Gasteiger partial charge in [-0.15, -0.1) is 0 Å². The number of rotatable bonds is 9. The highest BCUT2D eigenvalue weighted by atomic mass is 16.5. The van der Waals surface area contributed by atoms with Gasteiger partial charge in [0.25, 0.3) is 0 Å². The van der Waals surface area contributed by atoms with Gasteiger partial charge in [0.05, 0.1) is 11.6 Å². The number of amides is 1. The fourth-order valence-electron chi connectivity index (χ4n) is 1.88. The van der Waals surface area contributed by atoms with Crippen LogP contribution in [0, 0.1) is 5.92 Å². The summed E-state index contributed by atoms with van der Waals surface area (Å²) in [5.41, 5.74) is 4.74. The van der Waals surface area contributed by atoms with Gasteiger partial charge in [-0.1, -0.05) is 20.8 Å². The first-order chi connectivity index (χ1) is 7.81. The molecule has 0 aliphatic heterocycles. The molecule has 0 saturated carbocycles. The summed E-state index contributed by atoms with van der Waals surface area (Å²) >= 11 is 0. The highest BCUT2D eigenvalue weighted by Gasteiger charge is 2.29. The van der Waals surface area contributed by atoms with Crippen molar-refractivity contribution in [2.24, 2.45) is 11.7 Å². The summed E-state index contributed by atoms with van der Waals surface area (Å²) in [6.45, 7) is 11.5. The first kappa shape index (κ1) is 16.4. The number of ether oxygens (including phenoxy) is 1. The minimum atomic E-state index is -0.660. The third-order valence-corrected chi connectivity index (χ3v) is 2.92. The fraction of sp³-hybridized carbons (Fsp3) is 0.923. The minimum Gasteiger partial charge on any atom is -0.378 e. The number of likely N-dealkylation sites (N-methyl/N-ethyl adjacent to an activating group) is 1. The van der Waals surface area contributed by atoms with Crippen LogP contribution in [0.25, 0.3) is 0 Å². The van der Waals surface area contributed by atoms with Crippen LogP contribution in [0.3, 0.4) is 0 Å². The van der Waals surface area contributed by atoms with Crippen LogP contribution >= 0.6 is 0 Å². The Labute approximate surface area is 105 Å². The first-order valence-corrected chi connectivity index (χ1v) is 6.48. The lowest BCUT2D eigenvalue weighted by Crippen LogP contribution is -2.53. The van der Waals surface area contributed by atoms with Gasteiger partial charge in [0, 0.05) is 6.61 Å². The van der Waals surface area contributed by atoms with E-state index < -0.39 is 5.54 Å². The molecule has 3 N–H and O–H groups in total. The Hall–Kier alpha value is -0.610. The van der Waals surface area contributed by atoms with E-state index in [0.717, 1.165) is 13.0 Å². The van der Waals surface area contributed by atoms with Gasteiger partial charge in [0.1, 0.15) is 0 Å². The molecule has 0 heterocycles. The molecule has 102 valence electrons. The molecule has 1 amide bonds. The average molecular weight is 244 g/mol. The summed E-state index contributed by atoms with van der Waals surface area (Å²) in [6.07, 6.45) is 1.88. The number of nitrogens with one attached hydrogen (secondary N) is 1. The van der Waals surface area contributed by atoms with E-state index in [1.807, 2.05) is 13.8 Å². The zero-order valence-corrected chi connectivity index (χ0v) is 11.9. The van der Waals surface area contributed by atoms with Crippen molar-refractivity contribution in [2.75, 3.05) is 13.2 Å². The molecule has 0 spiro atoms. The molecule has 4 heteroatoms. The van der Waals surface area contributed by atoms with Gasteiger partial charge >= 0.3 is 0 Å². The van der Waals surface area contributed by atoms with Gasteiger partial charge in [0.15, 0.2) is 0 Å². The van der Waals surface area contributed by atoms with Crippen molar-refractivity contribution >= 4 is 5.91 Å². The number of nitrogens with two attached hydrogens (primary N) is 1.